The van der Waals surface area contributed by atoms with Crippen molar-refractivity contribution in [2.45, 2.75) is 6.29 Å². The molecule has 0 amide bonds. The van der Waals surface area contributed by atoms with E-state index in [0.29, 0.717) is 0 Å². The lowest BCUT2D eigenvalue weighted by atomic mass is 10.1. The van der Waals surface area contributed by atoms with Crippen molar-refractivity contribution in [2.24, 2.45) is 0 Å². The fourth-order valence-corrected chi connectivity index (χ4v) is 2.27. The van der Waals surface area contributed by atoms with Crippen LogP contribution < -0.4 is 9.47 Å². The van der Waals surface area contributed by atoms with Crippen molar-refractivity contribution in [3.8, 4) is 22.8 Å². The average Bonchev–Trinajstić information content (AvgIpc) is 2.83. The molecule has 0 radical (unpaired) electrons. The smallest absolute Gasteiger partial charge is 0.464 e. The lowest BCUT2D eigenvalue weighted by molar-refractivity contribution is -0.287. The molecule has 2 aromatic rings. The molecule has 1 aromatic heterocycles. The highest BCUT2D eigenvalue weighted by Gasteiger charge is 2.45. The molecule has 0 bridgehead atoms. The molecular weight excluding hydrogens is 358 g/mol. The minimum absolute atomic E-state index is 0.351. The van der Waals surface area contributed by atoms with Gasteiger partial charge in [-0.3, -0.25) is 0 Å². The van der Waals surface area contributed by atoms with Crippen molar-refractivity contribution in [3.05, 3.63) is 40.6 Å². The molecule has 10 heteroatoms. The van der Waals surface area contributed by atoms with Crippen LogP contribution in [0, 0.1) is 11.6 Å². The van der Waals surface area contributed by atoms with Crippen LogP contribution in [0.4, 0.5) is 17.6 Å². The maximum Gasteiger partial charge on any atom is 0.586 e. The van der Waals surface area contributed by atoms with Crippen molar-refractivity contribution in [1.82, 2.24) is 4.98 Å². The van der Waals surface area contributed by atoms with Crippen LogP contribution in [0.25, 0.3) is 11.3 Å². The minimum atomic E-state index is -4.04. The molecule has 2 heterocycles. The molecule has 3 rings (SSSR count). The van der Waals surface area contributed by atoms with Gasteiger partial charge in [0.15, 0.2) is 23.1 Å². The van der Waals surface area contributed by atoms with Crippen molar-refractivity contribution in [3.63, 3.8) is 0 Å². The summed E-state index contributed by atoms with van der Waals surface area (Å²) < 4.78 is 67.1. The first-order valence-electron chi connectivity index (χ1n) is 6.26. The van der Waals surface area contributed by atoms with Gasteiger partial charge in [-0.2, -0.15) is 0 Å². The minimum Gasteiger partial charge on any atom is -0.464 e. The summed E-state index contributed by atoms with van der Waals surface area (Å²) in [4.78, 5) is 15.2. The number of benzene rings is 1. The van der Waals surface area contributed by atoms with E-state index in [1.54, 1.807) is 0 Å². The van der Waals surface area contributed by atoms with Gasteiger partial charge in [-0.1, -0.05) is 11.6 Å². The van der Waals surface area contributed by atoms with Gasteiger partial charge >= 0.3 is 12.3 Å². The molecule has 24 heavy (non-hydrogen) atoms. The highest BCUT2D eigenvalue weighted by Crippen LogP contribution is 2.45. The SMILES string of the molecule is COC(=O)c1nc(-c2ccc3c(c2F)OC(F)(F)O3)c(F)cc1Cl. The Hall–Kier alpha value is -2.55. The van der Waals surface area contributed by atoms with E-state index >= 15 is 0 Å². The molecule has 0 saturated carbocycles. The highest BCUT2D eigenvalue weighted by atomic mass is 35.5. The van der Waals surface area contributed by atoms with E-state index in [9.17, 15) is 22.4 Å². The fraction of sp³-hybridized carbons (Fsp3) is 0.143. The maximum absolute atomic E-state index is 14.4. The molecule has 1 aromatic carbocycles. The fourth-order valence-electron chi connectivity index (χ4n) is 2.06. The number of rotatable bonds is 2. The maximum atomic E-state index is 14.4. The van der Waals surface area contributed by atoms with Crippen molar-refractivity contribution in [2.75, 3.05) is 7.11 Å². The summed E-state index contributed by atoms with van der Waals surface area (Å²) in [5.74, 6) is -4.82. The number of fused-ring (bicyclic) bond motifs is 1. The van der Waals surface area contributed by atoms with Gasteiger partial charge < -0.3 is 14.2 Å². The topological polar surface area (TPSA) is 57.7 Å². The summed E-state index contributed by atoms with van der Waals surface area (Å²) in [6.07, 6.45) is -4.04. The summed E-state index contributed by atoms with van der Waals surface area (Å²) in [5, 5.41) is -0.351. The number of esters is 1. The Kier molecular flexibility index (Phi) is 3.75. The van der Waals surface area contributed by atoms with Gasteiger partial charge in [0.2, 0.25) is 5.75 Å². The first-order valence-corrected chi connectivity index (χ1v) is 6.64. The normalized spacial score (nSPS) is 14.6. The Morgan fingerprint density at radius 1 is 1.29 bits per heavy atom. The number of pyridine rings is 1. The summed E-state index contributed by atoms with van der Waals surface area (Å²) in [6, 6.07) is 2.65. The zero-order valence-corrected chi connectivity index (χ0v) is 12.5. The number of halogens is 5. The van der Waals surface area contributed by atoms with Gasteiger partial charge in [-0.15, -0.1) is 8.78 Å². The number of nitrogens with zero attached hydrogens (tertiary/aromatic N) is 1. The van der Waals surface area contributed by atoms with E-state index in [4.69, 9.17) is 11.6 Å². The predicted octanol–water partition coefficient (Wildman–Crippen LogP) is 3.79. The Bertz CT molecular complexity index is 859. The van der Waals surface area contributed by atoms with Crippen LogP contribution in [0.2, 0.25) is 5.02 Å². The molecular formula is C14H6ClF4NO4. The number of hydrogen-bond acceptors (Lipinski definition) is 5. The second-order valence-corrected chi connectivity index (χ2v) is 4.97. The highest BCUT2D eigenvalue weighted by molar-refractivity contribution is 6.33. The zero-order chi connectivity index (χ0) is 17.6. The Morgan fingerprint density at radius 3 is 2.67 bits per heavy atom. The van der Waals surface area contributed by atoms with Crippen molar-refractivity contribution in [1.29, 1.82) is 0 Å². The summed E-state index contributed by atoms with van der Waals surface area (Å²) in [7, 11) is 1.05. The van der Waals surface area contributed by atoms with E-state index in [1.807, 2.05) is 0 Å². The molecule has 1 aliphatic heterocycles. The van der Waals surface area contributed by atoms with Crippen molar-refractivity contribution < 1.29 is 36.6 Å². The summed E-state index contributed by atoms with van der Waals surface area (Å²) in [6.45, 7) is 0. The third-order valence-corrected chi connectivity index (χ3v) is 3.36. The summed E-state index contributed by atoms with van der Waals surface area (Å²) >= 11 is 5.69. The molecule has 0 N–H and O–H groups in total. The van der Waals surface area contributed by atoms with E-state index in [-0.39, 0.29) is 5.02 Å². The standard InChI is InChI=1S/C14H6ClF4NO4/c1-22-13(21)11-6(15)4-7(16)10(20-11)5-2-3-8-12(9(5)17)24-14(18,19)23-8/h2-4H,1H3. The van der Waals surface area contributed by atoms with Gasteiger partial charge in [-0.05, 0) is 18.2 Å². The third kappa shape index (κ3) is 2.60. The zero-order valence-electron chi connectivity index (χ0n) is 11.7. The summed E-state index contributed by atoms with van der Waals surface area (Å²) in [5.41, 5.74) is -1.61. The monoisotopic (exact) mass is 363 g/mol. The number of carbonyl (C=O) groups is 1. The molecule has 0 atom stereocenters. The van der Waals surface area contributed by atoms with Gasteiger partial charge in [0.05, 0.1) is 12.1 Å². The van der Waals surface area contributed by atoms with E-state index in [0.717, 1.165) is 25.3 Å². The number of carbonyl (C=O) groups excluding carboxylic acids is 1. The number of hydrogen-bond donors (Lipinski definition) is 0. The first-order chi connectivity index (χ1) is 11.2. The molecule has 5 nitrogen and oxygen atoms in total. The second kappa shape index (κ2) is 5.52. The van der Waals surface area contributed by atoms with Crippen LogP contribution in [0.3, 0.4) is 0 Å². The van der Waals surface area contributed by atoms with Crippen LogP contribution in [-0.2, 0) is 4.74 Å². The van der Waals surface area contributed by atoms with Crippen LogP contribution in [0.15, 0.2) is 18.2 Å². The second-order valence-electron chi connectivity index (χ2n) is 4.56. The average molecular weight is 364 g/mol. The van der Waals surface area contributed by atoms with Gasteiger partial charge in [0.25, 0.3) is 0 Å². The van der Waals surface area contributed by atoms with Crippen LogP contribution in [0.1, 0.15) is 10.5 Å². The Balaban J connectivity index is 2.16. The molecule has 126 valence electrons. The van der Waals surface area contributed by atoms with Gasteiger partial charge in [0, 0.05) is 5.56 Å². The lowest BCUT2D eigenvalue weighted by Crippen LogP contribution is -2.26. The first kappa shape index (κ1) is 16.3. The quantitative estimate of drug-likeness (QED) is 0.600. The number of alkyl halides is 2. The van der Waals surface area contributed by atoms with Crippen LogP contribution >= 0.6 is 11.6 Å². The van der Waals surface area contributed by atoms with Gasteiger partial charge in [-0.25, -0.2) is 18.6 Å². The lowest BCUT2D eigenvalue weighted by Gasteiger charge is -2.09. The van der Waals surface area contributed by atoms with Crippen LogP contribution in [-0.4, -0.2) is 24.4 Å². The van der Waals surface area contributed by atoms with Crippen molar-refractivity contribution >= 4 is 17.6 Å². The predicted molar refractivity (Wildman–Crippen MR) is 72.1 cm³/mol. The largest absolute Gasteiger partial charge is 0.586 e. The van der Waals surface area contributed by atoms with E-state index < -0.39 is 52.3 Å². The molecule has 0 unspecified atom stereocenters. The molecule has 0 saturated heterocycles. The number of ether oxygens (including phenoxy) is 3. The number of methoxy groups -OCH3 is 1. The van der Waals surface area contributed by atoms with Gasteiger partial charge in [0.1, 0.15) is 5.69 Å². The van der Waals surface area contributed by atoms with E-state index in [1.165, 1.54) is 0 Å². The van der Waals surface area contributed by atoms with E-state index in [2.05, 4.69) is 19.2 Å². The third-order valence-electron chi connectivity index (χ3n) is 3.07. The molecule has 0 spiro atoms. The Morgan fingerprint density at radius 2 is 2.00 bits per heavy atom. The Labute approximate surface area is 136 Å². The molecule has 1 aliphatic rings. The molecule has 0 fully saturated rings. The molecule has 0 aliphatic carbocycles. The van der Waals surface area contributed by atoms with Crippen LogP contribution in [0.5, 0.6) is 11.5 Å². The number of aromatic nitrogens is 1.